The maximum Gasteiger partial charge on any atom is 0.131 e. The number of hydrogen-bond acceptors (Lipinski definition) is 4. The molecule has 20 heavy (non-hydrogen) atoms. The molecule has 1 atom stereocenters. The Morgan fingerprint density at radius 1 is 1.40 bits per heavy atom. The van der Waals surface area contributed by atoms with E-state index in [1.807, 2.05) is 25.6 Å². The number of nitrogens with zero attached hydrogens (tertiary/aromatic N) is 3. The summed E-state index contributed by atoms with van der Waals surface area (Å²) in [4.78, 5) is 2.17. The van der Waals surface area contributed by atoms with E-state index < -0.39 is 0 Å². The van der Waals surface area contributed by atoms with Gasteiger partial charge in [-0.05, 0) is 41.0 Å². The van der Waals surface area contributed by atoms with Crippen molar-refractivity contribution in [2.45, 2.75) is 59.2 Å². The van der Waals surface area contributed by atoms with Crippen molar-refractivity contribution in [1.82, 2.24) is 15.1 Å². The minimum Gasteiger partial charge on any atom is -0.393 e. The van der Waals surface area contributed by atoms with Crippen molar-refractivity contribution in [2.24, 2.45) is 7.05 Å². The number of aromatic nitrogens is 2. The predicted octanol–water partition coefficient (Wildman–Crippen LogP) is 1.82. The second kappa shape index (κ2) is 6.59. The SMILES string of the molecule is Cc1nn(C)c(N(C)CCC(C)O)c1CNC(C)(C)C. The van der Waals surface area contributed by atoms with Gasteiger partial charge >= 0.3 is 0 Å². The van der Waals surface area contributed by atoms with Crippen LogP contribution in [0, 0.1) is 6.92 Å². The lowest BCUT2D eigenvalue weighted by Crippen LogP contribution is -2.36. The van der Waals surface area contributed by atoms with Crippen LogP contribution >= 0.6 is 0 Å². The largest absolute Gasteiger partial charge is 0.393 e. The highest BCUT2D eigenvalue weighted by atomic mass is 16.3. The molecule has 0 saturated heterocycles. The van der Waals surface area contributed by atoms with Crippen LogP contribution in [-0.4, -0.2) is 40.1 Å². The van der Waals surface area contributed by atoms with Gasteiger partial charge in [-0.1, -0.05) is 0 Å². The van der Waals surface area contributed by atoms with Gasteiger partial charge in [-0.3, -0.25) is 4.68 Å². The summed E-state index contributed by atoms with van der Waals surface area (Å²) in [6.45, 7) is 12.0. The van der Waals surface area contributed by atoms with Crippen molar-refractivity contribution in [3.63, 3.8) is 0 Å². The lowest BCUT2D eigenvalue weighted by Gasteiger charge is -2.24. The zero-order valence-electron chi connectivity index (χ0n) is 14.0. The normalized spacial score (nSPS) is 13.6. The molecule has 5 nitrogen and oxygen atoms in total. The molecule has 1 unspecified atom stereocenters. The fourth-order valence-corrected chi connectivity index (χ4v) is 2.21. The first-order valence-corrected chi connectivity index (χ1v) is 7.28. The number of hydrogen-bond donors (Lipinski definition) is 2. The lowest BCUT2D eigenvalue weighted by molar-refractivity contribution is 0.186. The molecule has 2 N–H and O–H groups in total. The van der Waals surface area contributed by atoms with E-state index in [1.165, 1.54) is 5.56 Å². The van der Waals surface area contributed by atoms with Crippen LogP contribution < -0.4 is 10.2 Å². The molecular formula is C15H30N4O. The molecule has 0 radical (unpaired) electrons. The highest BCUT2D eigenvalue weighted by Gasteiger charge is 2.19. The van der Waals surface area contributed by atoms with Crippen molar-refractivity contribution in [3.05, 3.63) is 11.3 Å². The van der Waals surface area contributed by atoms with Gasteiger partial charge in [0.05, 0.1) is 11.8 Å². The summed E-state index contributed by atoms with van der Waals surface area (Å²) in [5.41, 5.74) is 2.37. The van der Waals surface area contributed by atoms with E-state index in [1.54, 1.807) is 0 Å². The van der Waals surface area contributed by atoms with E-state index in [9.17, 15) is 5.11 Å². The Balaban J connectivity index is 2.89. The topological polar surface area (TPSA) is 53.3 Å². The summed E-state index contributed by atoms with van der Waals surface area (Å²) in [6.07, 6.45) is 0.482. The molecular weight excluding hydrogens is 252 g/mol. The van der Waals surface area contributed by atoms with Crippen LogP contribution in [0.5, 0.6) is 0 Å². The number of rotatable bonds is 6. The predicted molar refractivity (Wildman–Crippen MR) is 84.1 cm³/mol. The average Bonchev–Trinajstić information content (AvgIpc) is 2.57. The Kier molecular flexibility index (Phi) is 5.59. The summed E-state index contributed by atoms with van der Waals surface area (Å²) in [7, 11) is 4.03. The maximum absolute atomic E-state index is 9.44. The second-order valence-electron chi connectivity index (χ2n) is 6.67. The van der Waals surface area contributed by atoms with Crippen LogP contribution in [0.1, 0.15) is 45.4 Å². The molecule has 1 aromatic rings. The molecule has 0 aromatic carbocycles. The summed E-state index contributed by atoms with van der Waals surface area (Å²) < 4.78 is 1.93. The van der Waals surface area contributed by atoms with Gasteiger partial charge in [-0.2, -0.15) is 5.10 Å². The van der Waals surface area contributed by atoms with E-state index in [0.29, 0.717) is 0 Å². The number of aliphatic hydroxyl groups is 1. The van der Waals surface area contributed by atoms with Crippen LogP contribution in [0.2, 0.25) is 0 Å². The zero-order valence-corrected chi connectivity index (χ0v) is 14.0. The molecule has 1 heterocycles. The van der Waals surface area contributed by atoms with Gasteiger partial charge in [-0.15, -0.1) is 0 Å². The van der Waals surface area contributed by atoms with Gasteiger partial charge < -0.3 is 15.3 Å². The highest BCUT2D eigenvalue weighted by molar-refractivity contribution is 5.49. The van der Waals surface area contributed by atoms with Gasteiger partial charge in [-0.25, -0.2) is 0 Å². The first-order chi connectivity index (χ1) is 9.11. The van der Waals surface area contributed by atoms with Crippen LogP contribution in [0.3, 0.4) is 0 Å². The Hall–Kier alpha value is -1.07. The molecule has 1 rings (SSSR count). The fraction of sp³-hybridized carbons (Fsp3) is 0.800. The third kappa shape index (κ3) is 4.80. The molecule has 0 aliphatic heterocycles. The number of anilines is 1. The van der Waals surface area contributed by atoms with Gasteiger partial charge in [0.25, 0.3) is 0 Å². The van der Waals surface area contributed by atoms with E-state index in [2.05, 4.69) is 43.1 Å². The van der Waals surface area contributed by atoms with E-state index >= 15 is 0 Å². The van der Waals surface area contributed by atoms with Crippen molar-refractivity contribution in [3.8, 4) is 0 Å². The number of nitrogens with one attached hydrogen (secondary N) is 1. The zero-order chi connectivity index (χ0) is 15.5. The first kappa shape index (κ1) is 17.0. The summed E-state index contributed by atoms with van der Waals surface area (Å²) in [6, 6.07) is 0. The van der Waals surface area contributed by atoms with Gasteiger partial charge in [0.2, 0.25) is 0 Å². The molecule has 0 fully saturated rings. The third-order valence-electron chi connectivity index (χ3n) is 3.35. The summed E-state index contributed by atoms with van der Waals surface area (Å²) >= 11 is 0. The minimum atomic E-state index is -0.275. The number of aryl methyl sites for hydroxylation is 2. The average molecular weight is 282 g/mol. The second-order valence-corrected chi connectivity index (χ2v) is 6.67. The van der Waals surface area contributed by atoms with Crippen LogP contribution in [0.25, 0.3) is 0 Å². The molecule has 0 amide bonds. The molecule has 0 bridgehead atoms. The monoisotopic (exact) mass is 282 g/mol. The minimum absolute atomic E-state index is 0.0811. The summed E-state index contributed by atoms with van der Waals surface area (Å²) in [5, 5.41) is 17.5. The van der Waals surface area contributed by atoms with Crippen molar-refractivity contribution < 1.29 is 5.11 Å². The Morgan fingerprint density at radius 3 is 2.50 bits per heavy atom. The van der Waals surface area contributed by atoms with Gasteiger partial charge in [0, 0.05) is 38.3 Å². The van der Waals surface area contributed by atoms with E-state index in [0.717, 1.165) is 31.0 Å². The Bertz CT molecular complexity index is 432. The number of aliphatic hydroxyl groups excluding tert-OH is 1. The van der Waals surface area contributed by atoms with Gasteiger partial charge in [0.15, 0.2) is 0 Å². The molecule has 0 saturated carbocycles. The fourth-order valence-electron chi connectivity index (χ4n) is 2.21. The quantitative estimate of drug-likeness (QED) is 0.836. The Morgan fingerprint density at radius 2 is 2.00 bits per heavy atom. The third-order valence-corrected chi connectivity index (χ3v) is 3.35. The smallest absolute Gasteiger partial charge is 0.131 e. The molecule has 1 aromatic heterocycles. The highest BCUT2D eigenvalue weighted by Crippen LogP contribution is 2.23. The molecule has 0 aliphatic carbocycles. The van der Waals surface area contributed by atoms with Crippen molar-refractivity contribution in [2.75, 3.05) is 18.5 Å². The molecule has 0 aliphatic rings. The molecule has 0 spiro atoms. The van der Waals surface area contributed by atoms with Crippen LogP contribution in [-0.2, 0) is 13.6 Å². The lowest BCUT2D eigenvalue weighted by atomic mass is 10.1. The first-order valence-electron chi connectivity index (χ1n) is 7.28. The van der Waals surface area contributed by atoms with Gasteiger partial charge in [0.1, 0.15) is 5.82 Å². The van der Waals surface area contributed by atoms with Crippen LogP contribution in [0.4, 0.5) is 5.82 Å². The molecule has 5 heteroatoms. The van der Waals surface area contributed by atoms with Crippen LogP contribution in [0.15, 0.2) is 0 Å². The summed E-state index contributed by atoms with van der Waals surface area (Å²) in [5.74, 6) is 1.12. The maximum atomic E-state index is 9.44. The van der Waals surface area contributed by atoms with E-state index in [-0.39, 0.29) is 11.6 Å². The Labute approximate surface area is 123 Å². The molecule has 116 valence electrons. The van der Waals surface area contributed by atoms with Crippen molar-refractivity contribution in [1.29, 1.82) is 0 Å². The van der Waals surface area contributed by atoms with E-state index in [4.69, 9.17) is 0 Å². The standard InChI is InChI=1S/C15H30N4O/c1-11(20)8-9-18(6)14-13(10-16-15(3,4)5)12(2)17-19(14)7/h11,16,20H,8-10H2,1-7H3. The van der Waals surface area contributed by atoms with Crippen molar-refractivity contribution >= 4 is 5.82 Å².